The Bertz CT molecular complexity index is 797. The molecule has 1 heterocycles. The minimum Gasteiger partial charge on any atom is -0.508 e. The molecule has 20 heavy (non-hydrogen) atoms. The van der Waals surface area contributed by atoms with Crippen molar-refractivity contribution in [3.63, 3.8) is 0 Å². The van der Waals surface area contributed by atoms with Gasteiger partial charge in [0.05, 0.1) is 11.2 Å². The Balaban J connectivity index is 2.27. The van der Waals surface area contributed by atoms with Crippen LogP contribution in [-0.4, -0.2) is 15.3 Å². The van der Waals surface area contributed by atoms with Crippen molar-refractivity contribution in [1.29, 1.82) is 0 Å². The van der Waals surface area contributed by atoms with E-state index in [0.29, 0.717) is 16.8 Å². The molecule has 4 heteroatoms. The van der Waals surface area contributed by atoms with Crippen molar-refractivity contribution in [2.24, 2.45) is 0 Å². The summed E-state index contributed by atoms with van der Waals surface area (Å²) >= 11 is 5.66. The lowest BCUT2D eigenvalue weighted by Crippen LogP contribution is -1.95. The molecule has 0 aliphatic rings. The zero-order valence-corrected chi connectivity index (χ0v) is 11.1. The number of phenols is 1. The highest BCUT2D eigenvalue weighted by atomic mass is 35.5. The summed E-state index contributed by atoms with van der Waals surface area (Å²) in [7, 11) is 0. The van der Waals surface area contributed by atoms with Crippen LogP contribution in [0.1, 0.15) is 10.4 Å². The molecule has 1 N–H and O–H groups in total. The van der Waals surface area contributed by atoms with Crippen LogP contribution in [0, 0.1) is 0 Å². The minimum absolute atomic E-state index is 0.184. The van der Waals surface area contributed by atoms with Gasteiger partial charge in [-0.2, -0.15) is 0 Å². The Hall–Kier alpha value is -2.39. The Morgan fingerprint density at radius 2 is 1.75 bits per heavy atom. The van der Waals surface area contributed by atoms with Gasteiger partial charge in [0, 0.05) is 16.5 Å². The lowest BCUT2D eigenvalue weighted by atomic mass is 10.0. The summed E-state index contributed by atoms with van der Waals surface area (Å²) in [6.07, 6.45) is 0. The summed E-state index contributed by atoms with van der Waals surface area (Å²) in [6.45, 7) is 0. The lowest BCUT2D eigenvalue weighted by Gasteiger charge is -2.07. The number of phenolic OH excluding ortho intramolecular Hbond substituents is 1. The Morgan fingerprint density at radius 1 is 1.05 bits per heavy atom. The number of carbonyl (C=O) groups is 1. The molecule has 3 aromatic rings. The standard InChI is InChI=1S/C16H10ClNO2/c17-16(20)13-9-15(10-5-7-11(19)8-6-10)18-14-4-2-1-3-12(13)14/h1-9,19H. The van der Waals surface area contributed by atoms with Gasteiger partial charge in [-0.05, 0) is 48.0 Å². The normalized spacial score (nSPS) is 10.7. The maximum atomic E-state index is 11.6. The van der Waals surface area contributed by atoms with Crippen molar-refractivity contribution in [3.05, 3.63) is 60.2 Å². The second-order valence-corrected chi connectivity index (χ2v) is 4.74. The number of para-hydroxylation sites is 1. The fraction of sp³-hybridized carbons (Fsp3) is 0. The molecule has 3 rings (SSSR count). The molecule has 0 saturated carbocycles. The molecule has 0 aliphatic carbocycles. The number of aromatic hydroxyl groups is 1. The second-order valence-electron chi connectivity index (χ2n) is 4.39. The van der Waals surface area contributed by atoms with E-state index in [4.69, 9.17) is 11.6 Å². The zero-order valence-electron chi connectivity index (χ0n) is 10.4. The van der Waals surface area contributed by atoms with Crippen LogP contribution in [0.2, 0.25) is 0 Å². The second kappa shape index (κ2) is 4.94. The van der Waals surface area contributed by atoms with Crippen LogP contribution in [0.3, 0.4) is 0 Å². The quantitative estimate of drug-likeness (QED) is 0.724. The van der Waals surface area contributed by atoms with E-state index in [0.717, 1.165) is 10.9 Å². The number of hydrogen-bond donors (Lipinski definition) is 1. The number of benzene rings is 2. The SMILES string of the molecule is O=C(Cl)c1cc(-c2ccc(O)cc2)nc2ccccc12. The van der Waals surface area contributed by atoms with Gasteiger partial charge >= 0.3 is 0 Å². The van der Waals surface area contributed by atoms with Gasteiger partial charge in [-0.3, -0.25) is 4.79 Å². The molecule has 1 aromatic heterocycles. The molecule has 0 bridgehead atoms. The predicted octanol–water partition coefficient (Wildman–Crippen LogP) is 3.99. The minimum atomic E-state index is -0.511. The number of nitrogens with zero attached hydrogens (tertiary/aromatic N) is 1. The first-order valence-electron chi connectivity index (χ1n) is 6.04. The van der Waals surface area contributed by atoms with Gasteiger partial charge in [0.15, 0.2) is 0 Å². The number of pyridine rings is 1. The number of hydrogen-bond acceptors (Lipinski definition) is 3. The average molecular weight is 284 g/mol. The fourth-order valence-electron chi connectivity index (χ4n) is 2.12. The summed E-state index contributed by atoms with van der Waals surface area (Å²) in [5.41, 5.74) is 2.60. The Labute approximate surface area is 120 Å². The molecule has 0 fully saturated rings. The molecular weight excluding hydrogens is 274 g/mol. The third-order valence-corrected chi connectivity index (χ3v) is 3.29. The van der Waals surface area contributed by atoms with Crippen LogP contribution in [0.25, 0.3) is 22.2 Å². The monoisotopic (exact) mass is 283 g/mol. The number of carbonyl (C=O) groups excluding carboxylic acids is 1. The van der Waals surface area contributed by atoms with E-state index >= 15 is 0 Å². The number of rotatable bonds is 2. The first-order chi connectivity index (χ1) is 9.65. The summed E-state index contributed by atoms with van der Waals surface area (Å²) in [6, 6.07) is 15.7. The maximum Gasteiger partial charge on any atom is 0.253 e. The van der Waals surface area contributed by atoms with Gasteiger partial charge in [-0.25, -0.2) is 4.98 Å². The van der Waals surface area contributed by atoms with Crippen molar-refractivity contribution < 1.29 is 9.90 Å². The summed E-state index contributed by atoms with van der Waals surface area (Å²) in [4.78, 5) is 16.1. The highest BCUT2D eigenvalue weighted by Gasteiger charge is 2.11. The van der Waals surface area contributed by atoms with Crippen LogP contribution in [0.4, 0.5) is 0 Å². The van der Waals surface area contributed by atoms with Crippen LogP contribution >= 0.6 is 11.6 Å². The molecule has 0 radical (unpaired) electrons. The van der Waals surface area contributed by atoms with Crippen LogP contribution in [-0.2, 0) is 0 Å². The van der Waals surface area contributed by atoms with Gasteiger partial charge in [0.1, 0.15) is 5.75 Å². The van der Waals surface area contributed by atoms with Crippen LogP contribution in [0.15, 0.2) is 54.6 Å². The van der Waals surface area contributed by atoms with Gasteiger partial charge in [-0.1, -0.05) is 18.2 Å². The van der Waals surface area contributed by atoms with Gasteiger partial charge in [-0.15, -0.1) is 0 Å². The third-order valence-electron chi connectivity index (χ3n) is 3.09. The number of halogens is 1. The number of aromatic nitrogens is 1. The highest BCUT2D eigenvalue weighted by molar-refractivity contribution is 6.68. The molecule has 0 spiro atoms. The maximum absolute atomic E-state index is 11.6. The molecule has 0 aliphatic heterocycles. The topological polar surface area (TPSA) is 50.2 Å². The van der Waals surface area contributed by atoms with E-state index in [-0.39, 0.29) is 5.75 Å². The van der Waals surface area contributed by atoms with Crippen molar-refractivity contribution in [2.45, 2.75) is 0 Å². The van der Waals surface area contributed by atoms with Crippen molar-refractivity contribution >= 4 is 27.7 Å². The largest absolute Gasteiger partial charge is 0.508 e. The zero-order chi connectivity index (χ0) is 14.1. The van der Waals surface area contributed by atoms with Gasteiger partial charge in [0.25, 0.3) is 5.24 Å². The van der Waals surface area contributed by atoms with E-state index in [2.05, 4.69) is 4.98 Å². The molecule has 0 saturated heterocycles. The fourth-order valence-corrected chi connectivity index (χ4v) is 2.27. The molecule has 3 nitrogen and oxygen atoms in total. The first kappa shape index (κ1) is 12.6. The highest BCUT2D eigenvalue weighted by Crippen LogP contribution is 2.26. The predicted molar refractivity (Wildman–Crippen MR) is 79.0 cm³/mol. The molecular formula is C16H10ClNO2. The molecule has 0 unspecified atom stereocenters. The number of fused-ring (bicyclic) bond motifs is 1. The van der Waals surface area contributed by atoms with Crippen molar-refractivity contribution in [3.8, 4) is 17.0 Å². The van der Waals surface area contributed by atoms with Crippen LogP contribution in [0.5, 0.6) is 5.75 Å². The average Bonchev–Trinajstić information content (AvgIpc) is 2.46. The molecule has 0 amide bonds. The third kappa shape index (κ3) is 2.24. The van der Waals surface area contributed by atoms with E-state index in [1.807, 2.05) is 24.3 Å². The van der Waals surface area contributed by atoms with E-state index in [1.54, 1.807) is 30.3 Å². The summed E-state index contributed by atoms with van der Waals surface area (Å²) in [5.74, 6) is 0.184. The Kier molecular flexibility index (Phi) is 3.12. The molecule has 2 aromatic carbocycles. The van der Waals surface area contributed by atoms with Crippen molar-refractivity contribution in [2.75, 3.05) is 0 Å². The van der Waals surface area contributed by atoms with Gasteiger partial charge < -0.3 is 5.11 Å². The van der Waals surface area contributed by atoms with Crippen LogP contribution < -0.4 is 0 Å². The van der Waals surface area contributed by atoms with Gasteiger partial charge in [0.2, 0.25) is 0 Å². The smallest absolute Gasteiger partial charge is 0.253 e. The first-order valence-corrected chi connectivity index (χ1v) is 6.42. The lowest BCUT2D eigenvalue weighted by molar-refractivity contribution is 0.108. The van der Waals surface area contributed by atoms with Crippen molar-refractivity contribution in [1.82, 2.24) is 4.98 Å². The van der Waals surface area contributed by atoms with E-state index < -0.39 is 5.24 Å². The molecule has 98 valence electrons. The van der Waals surface area contributed by atoms with E-state index in [9.17, 15) is 9.90 Å². The van der Waals surface area contributed by atoms with E-state index in [1.165, 1.54) is 0 Å². The summed E-state index contributed by atoms with van der Waals surface area (Å²) < 4.78 is 0. The Morgan fingerprint density at radius 3 is 2.45 bits per heavy atom. The summed E-state index contributed by atoms with van der Waals surface area (Å²) in [5, 5.41) is 9.54. The molecule has 0 atom stereocenters.